The number of aromatic nitrogens is 3. The van der Waals surface area contributed by atoms with Gasteiger partial charge in [-0.2, -0.15) is 0 Å². The maximum atomic E-state index is 12.5. The third kappa shape index (κ3) is 2.49. The smallest absolute Gasteiger partial charge is 0.338 e. The van der Waals surface area contributed by atoms with E-state index in [1.165, 1.54) is 43.2 Å². The van der Waals surface area contributed by atoms with Crippen LogP contribution in [0.25, 0.3) is 21.6 Å². The van der Waals surface area contributed by atoms with Crippen LogP contribution in [0.15, 0.2) is 31.6 Å². The number of thiophene rings is 1. The Labute approximate surface area is 148 Å². The van der Waals surface area contributed by atoms with Gasteiger partial charge in [0.05, 0.1) is 32.4 Å². The number of ether oxygens (including phenoxy) is 1. The number of carbonyl (C=O) groups is 1. The summed E-state index contributed by atoms with van der Waals surface area (Å²) < 4.78 is 7.88. The first-order valence-electron chi connectivity index (χ1n) is 6.80. The quantitative estimate of drug-likeness (QED) is 0.603. The zero-order chi connectivity index (χ0) is 17.6. The lowest BCUT2D eigenvalue weighted by molar-refractivity contribution is 0.0603. The number of halogens is 1. The van der Waals surface area contributed by atoms with E-state index in [0.717, 1.165) is 13.2 Å². The number of hydrogen-bond acceptors (Lipinski definition) is 6. The minimum atomic E-state index is -0.657. The van der Waals surface area contributed by atoms with Gasteiger partial charge in [-0.3, -0.25) is 13.9 Å². The van der Waals surface area contributed by atoms with Crippen LogP contribution in [-0.4, -0.2) is 27.2 Å². The molecule has 0 aliphatic carbocycles. The van der Waals surface area contributed by atoms with Gasteiger partial charge in [-0.15, -0.1) is 11.3 Å². The first kappa shape index (κ1) is 16.6. The summed E-state index contributed by atoms with van der Waals surface area (Å²) in [7, 11) is 4.10. The number of hydrogen-bond donors (Lipinski definition) is 0. The lowest BCUT2D eigenvalue weighted by atomic mass is 10.1. The van der Waals surface area contributed by atoms with E-state index in [1.54, 1.807) is 0 Å². The van der Waals surface area contributed by atoms with Crippen molar-refractivity contribution in [1.82, 2.24) is 14.1 Å². The Bertz CT molecular complexity index is 1100. The van der Waals surface area contributed by atoms with Crippen LogP contribution in [0.5, 0.6) is 0 Å². The van der Waals surface area contributed by atoms with E-state index in [9.17, 15) is 14.4 Å². The summed E-state index contributed by atoms with van der Waals surface area (Å²) in [5.41, 5.74) is -0.383. The zero-order valence-electron chi connectivity index (χ0n) is 13.0. The molecule has 7 nitrogen and oxygen atoms in total. The van der Waals surface area contributed by atoms with Crippen molar-refractivity contribution >= 4 is 44.3 Å². The Balaban J connectivity index is 2.51. The van der Waals surface area contributed by atoms with Gasteiger partial charge in [-0.25, -0.2) is 14.6 Å². The van der Waals surface area contributed by atoms with E-state index < -0.39 is 17.2 Å². The molecule has 0 amide bonds. The highest BCUT2D eigenvalue weighted by Gasteiger charge is 2.21. The predicted octanol–water partition coefficient (Wildman–Crippen LogP) is 1.91. The number of rotatable bonds is 2. The molecule has 0 aliphatic rings. The molecule has 0 fully saturated rings. The number of nitrogens with zero attached hydrogens (tertiary/aromatic N) is 3. The van der Waals surface area contributed by atoms with Crippen molar-refractivity contribution in [3.63, 3.8) is 0 Å². The first-order chi connectivity index (χ1) is 11.3. The van der Waals surface area contributed by atoms with Crippen LogP contribution in [0, 0.1) is 0 Å². The molecule has 0 saturated heterocycles. The second-order valence-electron chi connectivity index (χ2n) is 5.05. The van der Waals surface area contributed by atoms with Gasteiger partial charge in [0.15, 0.2) is 5.65 Å². The average Bonchev–Trinajstić information content (AvgIpc) is 3.02. The molecule has 0 aliphatic heterocycles. The van der Waals surface area contributed by atoms with Gasteiger partial charge in [-0.05, 0) is 34.1 Å². The van der Waals surface area contributed by atoms with E-state index in [4.69, 9.17) is 4.74 Å². The van der Waals surface area contributed by atoms with Crippen molar-refractivity contribution in [1.29, 1.82) is 0 Å². The monoisotopic (exact) mass is 409 g/mol. The zero-order valence-corrected chi connectivity index (χ0v) is 15.4. The molecule has 9 heteroatoms. The third-order valence-electron chi connectivity index (χ3n) is 3.64. The van der Waals surface area contributed by atoms with E-state index in [0.29, 0.717) is 5.69 Å². The fourth-order valence-corrected chi connectivity index (χ4v) is 3.75. The normalized spacial score (nSPS) is 11.0. The molecule has 0 aromatic carbocycles. The lowest BCUT2D eigenvalue weighted by Gasteiger charge is -2.11. The molecule has 3 aromatic heterocycles. The molecule has 3 rings (SSSR count). The number of esters is 1. The van der Waals surface area contributed by atoms with Gasteiger partial charge in [0.2, 0.25) is 0 Å². The van der Waals surface area contributed by atoms with Crippen LogP contribution in [-0.2, 0) is 18.8 Å². The summed E-state index contributed by atoms with van der Waals surface area (Å²) in [4.78, 5) is 42.1. The van der Waals surface area contributed by atoms with E-state index in [1.807, 2.05) is 12.1 Å². The molecular weight excluding hydrogens is 398 g/mol. The lowest BCUT2D eigenvalue weighted by Crippen LogP contribution is -2.38. The molecule has 0 bridgehead atoms. The first-order valence-corrected chi connectivity index (χ1v) is 8.41. The summed E-state index contributed by atoms with van der Waals surface area (Å²) >= 11 is 4.80. The van der Waals surface area contributed by atoms with Crippen molar-refractivity contribution in [3.8, 4) is 10.6 Å². The Kier molecular flexibility index (Phi) is 4.14. The van der Waals surface area contributed by atoms with E-state index in [-0.39, 0.29) is 16.6 Å². The molecular formula is C15H12BrN3O4S. The molecule has 0 spiro atoms. The van der Waals surface area contributed by atoms with E-state index in [2.05, 4.69) is 20.9 Å². The topological polar surface area (TPSA) is 83.2 Å². The van der Waals surface area contributed by atoms with Crippen LogP contribution in [0.4, 0.5) is 0 Å². The summed E-state index contributed by atoms with van der Waals surface area (Å²) in [6.45, 7) is 0. The number of carbonyl (C=O) groups excluding carboxylic acids is 1. The molecule has 0 unspecified atom stereocenters. The Hall–Kier alpha value is -2.26. The van der Waals surface area contributed by atoms with Crippen molar-refractivity contribution in [2.75, 3.05) is 7.11 Å². The van der Waals surface area contributed by atoms with Crippen LogP contribution in [0.2, 0.25) is 0 Å². The second-order valence-corrected chi connectivity index (χ2v) is 7.52. The molecule has 24 heavy (non-hydrogen) atoms. The van der Waals surface area contributed by atoms with Crippen LogP contribution < -0.4 is 11.2 Å². The van der Waals surface area contributed by atoms with E-state index >= 15 is 0 Å². The maximum Gasteiger partial charge on any atom is 0.338 e. The van der Waals surface area contributed by atoms with Gasteiger partial charge in [0.25, 0.3) is 5.56 Å². The van der Waals surface area contributed by atoms with Crippen molar-refractivity contribution < 1.29 is 9.53 Å². The Morgan fingerprint density at radius 3 is 2.54 bits per heavy atom. The minimum absolute atomic E-state index is 0.0609. The highest BCUT2D eigenvalue weighted by molar-refractivity contribution is 9.11. The molecule has 3 aromatic rings. The SMILES string of the molecule is COC(=O)c1cc(-c2ccc(Br)s2)nc2c1c(=O)n(C)c(=O)n2C. The van der Waals surface area contributed by atoms with Gasteiger partial charge >= 0.3 is 11.7 Å². The van der Waals surface area contributed by atoms with Crippen molar-refractivity contribution in [2.45, 2.75) is 0 Å². The second kappa shape index (κ2) is 5.99. The van der Waals surface area contributed by atoms with Gasteiger partial charge in [0, 0.05) is 14.1 Å². The van der Waals surface area contributed by atoms with Crippen LogP contribution in [0.3, 0.4) is 0 Å². The van der Waals surface area contributed by atoms with Crippen molar-refractivity contribution in [2.24, 2.45) is 14.1 Å². The largest absolute Gasteiger partial charge is 0.465 e. The fraction of sp³-hybridized carbons (Fsp3) is 0.200. The van der Waals surface area contributed by atoms with Crippen molar-refractivity contribution in [3.05, 3.63) is 48.4 Å². The highest BCUT2D eigenvalue weighted by Crippen LogP contribution is 2.31. The molecule has 0 saturated carbocycles. The van der Waals surface area contributed by atoms with Gasteiger partial charge in [0.1, 0.15) is 0 Å². The van der Waals surface area contributed by atoms with Crippen LogP contribution >= 0.6 is 27.3 Å². The number of pyridine rings is 1. The molecule has 3 heterocycles. The molecule has 0 atom stereocenters. The van der Waals surface area contributed by atoms with Crippen LogP contribution in [0.1, 0.15) is 10.4 Å². The standard InChI is InChI=1S/C15H12BrN3O4S/c1-18-12-11(13(20)19(2)15(18)22)7(14(21)23-3)6-8(17-12)9-4-5-10(16)24-9/h4-6H,1-3H3. The Morgan fingerprint density at radius 1 is 1.25 bits per heavy atom. The van der Waals surface area contributed by atoms with Gasteiger partial charge in [-0.1, -0.05) is 0 Å². The highest BCUT2D eigenvalue weighted by atomic mass is 79.9. The third-order valence-corrected chi connectivity index (χ3v) is 5.29. The number of methoxy groups -OCH3 is 1. The molecule has 124 valence electrons. The molecule has 0 N–H and O–H groups in total. The summed E-state index contributed by atoms with van der Waals surface area (Å²) in [6, 6.07) is 5.20. The summed E-state index contributed by atoms with van der Waals surface area (Å²) in [5, 5.41) is 0.0609. The van der Waals surface area contributed by atoms with Gasteiger partial charge < -0.3 is 4.74 Å². The average molecular weight is 410 g/mol. The number of aryl methyl sites for hydroxylation is 1. The molecule has 0 radical (unpaired) electrons. The summed E-state index contributed by atoms with van der Waals surface area (Å²) in [5.74, 6) is -0.657. The predicted molar refractivity (Wildman–Crippen MR) is 94.6 cm³/mol. The maximum absolute atomic E-state index is 12.5. The summed E-state index contributed by atoms with van der Waals surface area (Å²) in [6.07, 6.45) is 0. The Morgan fingerprint density at radius 2 is 1.96 bits per heavy atom. The fourth-order valence-electron chi connectivity index (χ4n) is 2.40. The number of fused-ring (bicyclic) bond motifs is 1. The minimum Gasteiger partial charge on any atom is -0.465 e.